The van der Waals surface area contributed by atoms with Gasteiger partial charge in [0.2, 0.25) is 5.91 Å². The molecule has 2 N–H and O–H groups in total. The Kier molecular flexibility index (Phi) is 6.24. The van der Waals surface area contributed by atoms with E-state index >= 15 is 0 Å². The lowest BCUT2D eigenvalue weighted by atomic mass is 10.0. The smallest absolute Gasteiger partial charge is 0.225 e. The molecule has 1 aliphatic rings. The first kappa shape index (κ1) is 17.3. The number of rotatable bonds is 6. The van der Waals surface area contributed by atoms with Crippen molar-refractivity contribution >= 4 is 17.5 Å². The fraction of sp³-hybridized carbons (Fsp3) is 0.588. The zero-order valence-electron chi connectivity index (χ0n) is 13.3. The maximum atomic E-state index is 12.4. The molecule has 1 aromatic rings. The average Bonchev–Trinajstić information content (AvgIpc) is 2.93. The zero-order chi connectivity index (χ0) is 16.1. The van der Waals surface area contributed by atoms with Crippen LogP contribution in [0.3, 0.4) is 0 Å². The largest absolute Gasteiger partial charge is 0.394 e. The van der Waals surface area contributed by atoms with Crippen LogP contribution in [0.5, 0.6) is 0 Å². The molecule has 2 atom stereocenters. The van der Waals surface area contributed by atoms with E-state index in [1.165, 1.54) is 0 Å². The van der Waals surface area contributed by atoms with Gasteiger partial charge in [-0.3, -0.25) is 4.79 Å². The Bertz CT molecular complexity index is 490. The molecular formula is C17H25ClN2O2. The molecule has 1 heterocycles. The van der Waals surface area contributed by atoms with Gasteiger partial charge in [-0.05, 0) is 36.6 Å². The maximum absolute atomic E-state index is 12.4. The number of carbonyl (C=O) groups is 1. The second-order valence-corrected chi connectivity index (χ2v) is 6.87. The molecule has 122 valence electrons. The highest BCUT2D eigenvalue weighted by molar-refractivity contribution is 6.30. The summed E-state index contributed by atoms with van der Waals surface area (Å²) in [5, 5.41) is 13.2. The normalized spacial score (nSPS) is 20.3. The van der Waals surface area contributed by atoms with Gasteiger partial charge in [0.25, 0.3) is 0 Å². The molecule has 1 fully saturated rings. The number of hydrogen-bond donors (Lipinski definition) is 2. The number of nitrogens with zero attached hydrogens (tertiary/aromatic N) is 1. The minimum Gasteiger partial charge on any atom is -0.394 e. The Morgan fingerprint density at radius 2 is 2.09 bits per heavy atom. The van der Waals surface area contributed by atoms with Crippen LogP contribution in [-0.4, -0.2) is 42.2 Å². The number of hydrogen-bond acceptors (Lipinski definition) is 3. The van der Waals surface area contributed by atoms with Crippen molar-refractivity contribution in [1.29, 1.82) is 0 Å². The van der Waals surface area contributed by atoms with Crippen molar-refractivity contribution in [2.24, 2.45) is 11.8 Å². The number of likely N-dealkylation sites (tertiary alicyclic amines) is 1. The minimum absolute atomic E-state index is 0.0140. The molecule has 1 aliphatic heterocycles. The number of aliphatic hydroxyl groups excluding tert-OH is 1. The van der Waals surface area contributed by atoms with Crippen molar-refractivity contribution in [1.82, 2.24) is 10.2 Å². The lowest BCUT2D eigenvalue weighted by Gasteiger charge is -2.21. The van der Waals surface area contributed by atoms with E-state index in [4.69, 9.17) is 11.6 Å². The van der Waals surface area contributed by atoms with E-state index in [0.29, 0.717) is 10.9 Å². The first-order valence-corrected chi connectivity index (χ1v) is 8.26. The first-order valence-electron chi connectivity index (χ1n) is 7.88. The summed E-state index contributed by atoms with van der Waals surface area (Å²) < 4.78 is 0. The van der Waals surface area contributed by atoms with Crippen LogP contribution in [0.4, 0.5) is 0 Å². The summed E-state index contributed by atoms with van der Waals surface area (Å²) in [7, 11) is 0. The molecule has 5 heteroatoms. The van der Waals surface area contributed by atoms with Crippen LogP contribution in [0.1, 0.15) is 31.9 Å². The number of benzene rings is 1. The quantitative estimate of drug-likeness (QED) is 0.845. The van der Waals surface area contributed by atoms with Crippen LogP contribution < -0.4 is 5.32 Å². The van der Waals surface area contributed by atoms with E-state index in [-0.39, 0.29) is 24.5 Å². The summed E-state index contributed by atoms with van der Waals surface area (Å²) in [4.78, 5) is 14.7. The third-order valence-electron chi connectivity index (χ3n) is 4.04. The Hall–Kier alpha value is -1.10. The fourth-order valence-corrected chi connectivity index (χ4v) is 3.07. The predicted octanol–water partition coefficient (Wildman–Crippen LogP) is 2.47. The Labute approximate surface area is 137 Å². The molecule has 2 unspecified atom stereocenters. The highest BCUT2D eigenvalue weighted by atomic mass is 35.5. The van der Waals surface area contributed by atoms with Gasteiger partial charge >= 0.3 is 0 Å². The molecule has 4 nitrogen and oxygen atoms in total. The van der Waals surface area contributed by atoms with Gasteiger partial charge in [0.15, 0.2) is 0 Å². The Morgan fingerprint density at radius 3 is 2.68 bits per heavy atom. The standard InChI is InChI=1S/C17H25ClN2O2/c1-12(2)9-20-8-7-14(10-20)17(22)19-16(11-21)13-3-5-15(18)6-4-13/h3-6,12,14,16,21H,7-11H2,1-2H3,(H,19,22). The third-order valence-corrected chi connectivity index (χ3v) is 4.29. The third kappa shape index (κ3) is 4.70. The topological polar surface area (TPSA) is 52.6 Å². The summed E-state index contributed by atoms with van der Waals surface area (Å²) >= 11 is 5.87. The monoisotopic (exact) mass is 324 g/mol. The van der Waals surface area contributed by atoms with Crippen molar-refractivity contribution in [3.63, 3.8) is 0 Å². The van der Waals surface area contributed by atoms with E-state index in [9.17, 15) is 9.90 Å². The van der Waals surface area contributed by atoms with Gasteiger partial charge in [-0.25, -0.2) is 0 Å². The van der Waals surface area contributed by atoms with Crippen LogP contribution in [0.25, 0.3) is 0 Å². The first-order chi connectivity index (χ1) is 10.5. The fourth-order valence-electron chi connectivity index (χ4n) is 2.95. The van der Waals surface area contributed by atoms with Crippen LogP contribution in [0, 0.1) is 11.8 Å². The lowest BCUT2D eigenvalue weighted by Crippen LogP contribution is -2.37. The Balaban J connectivity index is 1.91. The van der Waals surface area contributed by atoms with Gasteiger partial charge in [-0.15, -0.1) is 0 Å². The lowest BCUT2D eigenvalue weighted by molar-refractivity contribution is -0.125. The van der Waals surface area contributed by atoms with Crippen LogP contribution in [0.2, 0.25) is 5.02 Å². The SMILES string of the molecule is CC(C)CN1CCC(C(=O)NC(CO)c2ccc(Cl)cc2)C1. The van der Waals surface area contributed by atoms with E-state index < -0.39 is 0 Å². The van der Waals surface area contributed by atoms with Crippen molar-refractivity contribution in [3.8, 4) is 0 Å². The molecule has 1 aromatic carbocycles. The van der Waals surface area contributed by atoms with Gasteiger partial charge in [-0.1, -0.05) is 37.6 Å². The van der Waals surface area contributed by atoms with E-state index in [1.807, 2.05) is 12.1 Å². The zero-order valence-corrected chi connectivity index (χ0v) is 14.0. The Morgan fingerprint density at radius 1 is 1.41 bits per heavy atom. The molecule has 0 radical (unpaired) electrons. The highest BCUT2D eigenvalue weighted by Gasteiger charge is 2.29. The summed E-state index contributed by atoms with van der Waals surface area (Å²) in [5.41, 5.74) is 0.872. The summed E-state index contributed by atoms with van der Waals surface area (Å²) in [6, 6.07) is 6.84. The molecule has 0 aromatic heterocycles. The molecule has 2 rings (SSSR count). The molecule has 0 saturated carbocycles. The van der Waals surface area contributed by atoms with Gasteiger partial charge < -0.3 is 15.3 Å². The van der Waals surface area contributed by atoms with Crippen LogP contribution in [0.15, 0.2) is 24.3 Å². The number of aliphatic hydroxyl groups is 1. The van der Waals surface area contributed by atoms with Gasteiger partial charge in [0.1, 0.15) is 0 Å². The van der Waals surface area contributed by atoms with Gasteiger partial charge in [0, 0.05) is 18.1 Å². The molecule has 0 spiro atoms. The maximum Gasteiger partial charge on any atom is 0.225 e. The van der Waals surface area contributed by atoms with E-state index in [2.05, 4.69) is 24.1 Å². The summed E-state index contributed by atoms with van der Waals surface area (Å²) in [5.74, 6) is 0.654. The predicted molar refractivity (Wildman–Crippen MR) is 88.8 cm³/mol. The second kappa shape index (κ2) is 7.95. The van der Waals surface area contributed by atoms with Crippen LogP contribution in [-0.2, 0) is 4.79 Å². The summed E-state index contributed by atoms with van der Waals surface area (Å²) in [6.07, 6.45) is 0.886. The molecule has 0 aliphatic carbocycles. The van der Waals surface area contributed by atoms with E-state index in [0.717, 1.165) is 31.6 Å². The highest BCUT2D eigenvalue weighted by Crippen LogP contribution is 2.20. The second-order valence-electron chi connectivity index (χ2n) is 6.43. The summed E-state index contributed by atoms with van der Waals surface area (Å²) in [6.45, 7) is 7.08. The number of nitrogens with one attached hydrogen (secondary N) is 1. The van der Waals surface area contributed by atoms with Crippen molar-refractivity contribution < 1.29 is 9.90 Å². The van der Waals surface area contributed by atoms with Crippen molar-refractivity contribution in [2.75, 3.05) is 26.2 Å². The molecule has 22 heavy (non-hydrogen) atoms. The van der Waals surface area contributed by atoms with Crippen LogP contribution >= 0.6 is 11.6 Å². The average molecular weight is 325 g/mol. The van der Waals surface area contributed by atoms with Gasteiger partial charge in [0.05, 0.1) is 18.6 Å². The molecule has 0 bridgehead atoms. The minimum atomic E-state index is -0.371. The number of halogens is 1. The molecule has 1 amide bonds. The van der Waals surface area contributed by atoms with Crippen molar-refractivity contribution in [2.45, 2.75) is 26.3 Å². The molecule has 1 saturated heterocycles. The van der Waals surface area contributed by atoms with Crippen molar-refractivity contribution in [3.05, 3.63) is 34.9 Å². The number of carbonyl (C=O) groups excluding carboxylic acids is 1. The van der Waals surface area contributed by atoms with Gasteiger partial charge in [-0.2, -0.15) is 0 Å². The van der Waals surface area contributed by atoms with E-state index in [1.54, 1.807) is 12.1 Å². The molecular weight excluding hydrogens is 300 g/mol. The number of amides is 1.